The highest BCUT2D eigenvalue weighted by atomic mass is 79.9. The van der Waals surface area contributed by atoms with E-state index in [4.69, 9.17) is 4.52 Å². The summed E-state index contributed by atoms with van der Waals surface area (Å²) in [6.45, 7) is 4.28. The normalized spacial score (nSPS) is 19.2. The summed E-state index contributed by atoms with van der Waals surface area (Å²) in [4.78, 5) is 2.51. The summed E-state index contributed by atoms with van der Waals surface area (Å²) in [6.07, 6.45) is 4.49. The fourth-order valence-corrected chi connectivity index (χ4v) is 3.29. The van der Waals surface area contributed by atoms with Gasteiger partial charge < -0.3 is 4.52 Å². The number of likely N-dealkylation sites (tertiary alicyclic amines) is 1. The fourth-order valence-electron chi connectivity index (χ4n) is 3.02. The van der Waals surface area contributed by atoms with Crippen LogP contribution in [0.5, 0.6) is 0 Å². The molecule has 0 N–H and O–H groups in total. The highest BCUT2D eigenvalue weighted by Crippen LogP contribution is 2.33. The Hall–Kier alpha value is -1.13. The summed E-state index contributed by atoms with van der Waals surface area (Å²) >= 11 is 3.49. The Bertz CT molecular complexity index is 579. The summed E-state index contributed by atoms with van der Waals surface area (Å²) in [5.41, 5.74) is 2.45. The van der Waals surface area contributed by atoms with E-state index in [1.165, 1.54) is 18.4 Å². The maximum absolute atomic E-state index is 5.45. The number of benzene rings is 1. The van der Waals surface area contributed by atoms with Crippen molar-refractivity contribution in [2.45, 2.75) is 45.2 Å². The first-order valence-corrected chi connectivity index (χ1v) is 8.49. The molecule has 2 heterocycles. The van der Waals surface area contributed by atoms with Gasteiger partial charge in [0.05, 0.1) is 6.04 Å². The highest BCUT2D eigenvalue weighted by Gasteiger charge is 2.28. The van der Waals surface area contributed by atoms with Crippen LogP contribution in [0.15, 0.2) is 39.3 Å². The average molecular weight is 349 g/mol. The molecule has 4 heteroatoms. The van der Waals surface area contributed by atoms with E-state index in [1.807, 2.05) is 0 Å². The zero-order chi connectivity index (χ0) is 14.7. The lowest BCUT2D eigenvalue weighted by Crippen LogP contribution is -2.22. The van der Waals surface area contributed by atoms with E-state index in [1.54, 1.807) is 0 Å². The van der Waals surface area contributed by atoms with Crippen LogP contribution in [0, 0.1) is 0 Å². The molecule has 1 atom stereocenters. The molecule has 0 saturated carbocycles. The Morgan fingerprint density at radius 3 is 2.90 bits per heavy atom. The van der Waals surface area contributed by atoms with Gasteiger partial charge in [0.25, 0.3) is 0 Å². The number of aryl methyl sites for hydroxylation is 1. The molecule has 1 saturated heterocycles. The minimum absolute atomic E-state index is 0.406. The molecule has 1 aliphatic heterocycles. The molecule has 0 bridgehead atoms. The van der Waals surface area contributed by atoms with E-state index in [-0.39, 0.29) is 0 Å². The molecule has 112 valence electrons. The molecule has 3 nitrogen and oxygen atoms in total. The number of rotatable bonds is 5. The lowest BCUT2D eigenvalue weighted by molar-refractivity contribution is 0.236. The quantitative estimate of drug-likeness (QED) is 0.782. The predicted octanol–water partition coefficient (Wildman–Crippen LogP) is 4.73. The SMILES string of the molecule is CCCc1cc(C2CCCN2Cc2ccc(Br)cc2)no1. The summed E-state index contributed by atoms with van der Waals surface area (Å²) in [5, 5.41) is 4.30. The van der Waals surface area contributed by atoms with Crippen molar-refractivity contribution in [1.82, 2.24) is 10.1 Å². The van der Waals surface area contributed by atoms with Gasteiger partial charge in [0, 0.05) is 23.5 Å². The van der Waals surface area contributed by atoms with Gasteiger partial charge in [-0.2, -0.15) is 0 Å². The van der Waals surface area contributed by atoms with Crippen molar-refractivity contribution in [2.75, 3.05) is 6.54 Å². The molecular formula is C17H21BrN2O. The van der Waals surface area contributed by atoms with Crippen LogP contribution in [-0.4, -0.2) is 16.6 Å². The van der Waals surface area contributed by atoms with Crippen LogP contribution in [0.2, 0.25) is 0 Å². The molecule has 0 aliphatic carbocycles. The Morgan fingerprint density at radius 2 is 2.14 bits per heavy atom. The average Bonchev–Trinajstić information content (AvgIpc) is 3.11. The second-order valence-corrected chi connectivity index (χ2v) is 6.64. The van der Waals surface area contributed by atoms with Crippen LogP contribution in [0.3, 0.4) is 0 Å². The predicted molar refractivity (Wildman–Crippen MR) is 87.0 cm³/mol. The molecule has 3 rings (SSSR count). The molecule has 21 heavy (non-hydrogen) atoms. The summed E-state index contributed by atoms with van der Waals surface area (Å²) in [6, 6.07) is 11.1. The van der Waals surface area contributed by atoms with Crippen LogP contribution in [0.1, 0.15) is 49.2 Å². The third-order valence-corrected chi connectivity index (χ3v) is 4.61. The molecule has 1 unspecified atom stereocenters. The first-order chi connectivity index (χ1) is 10.3. The summed E-state index contributed by atoms with van der Waals surface area (Å²) in [5.74, 6) is 1.02. The number of aromatic nitrogens is 1. The van der Waals surface area contributed by atoms with Crippen LogP contribution < -0.4 is 0 Å². The van der Waals surface area contributed by atoms with Gasteiger partial charge in [-0.15, -0.1) is 0 Å². The highest BCUT2D eigenvalue weighted by molar-refractivity contribution is 9.10. The molecule has 1 aromatic carbocycles. The Balaban J connectivity index is 1.70. The van der Waals surface area contributed by atoms with Gasteiger partial charge in [-0.05, 0) is 43.5 Å². The fraction of sp³-hybridized carbons (Fsp3) is 0.471. The Labute approximate surface area is 134 Å². The molecule has 0 amide bonds. The molecule has 1 aromatic heterocycles. The first kappa shape index (κ1) is 14.8. The van der Waals surface area contributed by atoms with Crippen molar-refractivity contribution in [3.05, 3.63) is 51.8 Å². The van der Waals surface area contributed by atoms with Gasteiger partial charge in [0.1, 0.15) is 11.5 Å². The van der Waals surface area contributed by atoms with Crippen molar-refractivity contribution >= 4 is 15.9 Å². The van der Waals surface area contributed by atoms with Crippen molar-refractivity contribution < 1.29 is 4.52 Å². The monoisotopic (exact) mass is 348 g/mol. The molecule has 1 aliphatic rings. The van der Waals surface area contributed by atoms with Crippen molar-refractivity contribution in [3.63, 3.8) is 0 Å². The number of halogens is 1. The van der Waals surface area contributed by atoms with E-state index in [0.717, 1.165) is 41.9 Å². The lowest BCUT2D eigenvalue weighted by atomic mass is 10.1. The third kappa shape index (κ3) is 3.55. The minimum atomic E-state index is 0.406. The van der Waals surface area contributed by atoms with Crippen molar-refractivity contribution in [3.8, 4) is 0 Å². The zero-order valence-electron chi connectivity index (χ0n) is 12.4. The number of hydrogen-bond acceptors (Lipinski definition) is 3. The zero-order valence-corrected chi connectivity index (χ0v) is 14.0. The second kappa shape index (κ2) is 6.75. The van der Waals surface area contributed by atoms with Gasteiger partial charge >= 0.3 is 0 Å². The largest absolute Gasteiger partial charge is 0.361 e. The Kier molecular flexibility index (Phi) is 4.76. The number of nitrogens with zero attached hydrogens (tertiary/aromatic N) is 2. The van der Waals surface area contributed by atoms with E-state index < -0.39 is 0 Å². The van der Waals surface area contributed by atoms with Gasteiger partial charge in [0.2, 0.25) is 0 Å². The lowest BCUT2D eigenvalue weighted by Gasteiger charge is -2.22. The molecular weight excluding hydrogens is 328 g/mol. The van der Waals surface area contributed by atoms with Crippen LogP contribution in [0.4, 0.5) is 0 Å². The van der Waals surface area contributed by atoms with E-state index >= 15 is 0 Å². The molecule has 2 aromatic rings. The van der Waals surface area contributed by atoms with Crippen LogP contribution >= 0.6 is 15.9 Å². The topological polar surface area (TPSA) is 29.3 Å². The molecule has 0 spiro atoms. The standard InChI is InChI=1S/C17H21BrN2O/c1-2-4-15-11-16(19-21-15)17-5-3-10-20(17)12-13-6-8-14(18)9-7-13/h6-9,11,17H,2-5,10,12H2,1H3. The number of hydrogen-bond donors (Lipinski definition) is 0. The second-order valence-electron chi connectivity index (χ2n) is 5.72. The van der Waals surface area contributed by atoms with Crippen LogP contribution in [-0.2, 0) is 13.0 Å². The smallest absolute Gasteiger partial charge is 0.137 e. The minimum Gasteiger partial charge on any atom is -0.361 e. The Morgan fingerprint density at radius 1 is 1.33 bits per heavy atom. The van der Waals surface area contributed by atoms with Gasteiger partial charge in [0.15, 0.2) is 0 Å². The summed E-state index contributed by atoms with van der Waals surface area (Å²) < 4.78 is 6.58. The maximum atomic E-state index is 5.45. The van der Waals surface area contributed by atoms with Gasteiger partial charge in [-0.3, -0.25) is 4.90 Å². The van der Waals surface area contributed by atoms with Crippen LogP contribution in [0.25, 0.3) is 0 Å². The van der Waals surface area contributed by atoms with E-state index in [2.05, 4.69) is 63.2 Å². The van der Waals surface area contributed by atoms with Crippen molar-refractivity contribution in [1.29, 1.82) is 0 Å². The third-order valence-electron chi connectivity index (χ3n) is 4.08. The van der Waals surface area contributed by atoms with E-state index in [9.17, 15) is 0 Å². The molecule has 0 radical (unpaired) electrons. The summed E-state index contributed by atoms with van der Waals surface area (Å²) in [7, 11) is 0. The first-order valence-electron chi connectivity index (χ1n) is 7.70. The molecule has 1 fully saturated rings. The van der Waals surface area contributed by atoms with Crippen molar-refractivity contribution in [2.24, 2.45) is 0 Å². The maximum Gasteiger partial charge on any atom is 0.137 e. The van der Waals surface area contributed by atoms with E-state index in [0.29, 0.717) is 6.04 Å². The van der Waals surface area contributed by atoms with Gasteiger partial charge in [-0.1, -0.05) is 40.1 Å². The van der Waals surface area contributed by atoms with Gasteiger partial charge in [-0.25, -0.2) is 0 Å².